The fourth-order valence-corrected chi connectivity index (χ4v) is 2.26. The number of urea groups is 1. The second-order valence-corrected chi connectivity index (χ2v) is 5.93. The molecule has 1 aromatic carbocycles. The highest BCUT2D eigenvalue weighted by Gasteiger charge is 2.52. The number of imide groups is 1. The first-order valence-corrected chi connectivity index (χ1v) is 7.12. The molecule has 1 heterocycles. The van der Waals surface area contributed by atoms with Gasteiger partial charge in [0.1, 0.15) is 11.6 Å². The van der Waals surface area contributed by atoms with Crippen molar-refractivity contribution in [2.24, 2.45) is 0 Å². The molecule has 2 rings (SSSR count). The molecule has 7 nitrogen and oxygen atoms in total. The fourth-order valence-electron chi connectivity index (χ4n) is 2.26. The van der Waals surface area contributed by atoms with E-state index in [1.165, 1.54) is 18.9 Å². The van der Waals surface area contributed by atoms with E-state index in [1.54, 1.807) is 38.1 Å². The highest BCUT2D eigenvalue weighted by molar-refractivity contribution is 6.10. The topological polar surface area (TPSA) is 93.5 Å². The average molecular weight is 314 g/mol. The molecular weight excluding hydrogens is 296 g/mol. The Hall–Kier alpha value is -2.88. The van der Waals surface area contributed by atoms with Crippen LogP contribution in [0.1, 0.15) is 26.3 Å². The summed E-state index contributed by atoms with van der Waals surface area (Å²) in [5.74, 6) is -0.880. The molecule has 1 saturated heterocycles. The number of hydrogen-bond acceptors (Lipinski definition) is 4. The van der Waals surface area contributed by atoms with Crippen LogP contribution in [0.2, 0.25) is 0 Å². The van der Waals surface area contributed by atoms with Gasteiger partial charge in [-0.2, -0.15) is 5.26 Å². The number of nitriles is 1. The summed E-state index contributed by atoms with van der Waals surface area (Å²) in [5.41, 5.74) is -0.00282. The molecule has 4 amide bonds. The molecule has 0 saturated carbocycles. The van der Waals surface area contributed by atoms with E-state index in [1.807, 2.05) is 6.07 Å². The molecule has 1 aliphatic rings. The van der Waals surface area contributed by atoms with Gasteiger partial charge in [-0.1, -0.05) is 0 Å². The van der Waals surface area contributed by atoms with Crippen molar-refractivity contribution in [3.8, 4) is 6.07 Å². The van der Waals surface area contributed by atoms with Gasteiger partial charge in [0.15, 0.2) is 0 Å². The van der Waals surface area contributed by atoms with E-state index in [-0.39, 0.29) is 0 Å². The van der Waals surface area contributed by atoms with Gasteiger partial charge in [0.25, 0.3) is 5.91 Å². The summed E-state index contributed by atoms with van der Waals surface area (Å²) in [7, 11) is 1.53. The number of anilines is 1. The van der Waals surface area contributed by atoms with Crippen LogP contribution in [-0.2, 0) is 9.59 Å². The molecule has 0 unspecified atom stereocenters. The van der Waals surface area contributed by atoms with Crippen LogP contribution in [0.25, 0.3) is 0 Å². The molecule has 0 spiro atoms. The van der Waals surface area contributed by atoms with Gasteiger partial charge in [0, 0.05) is 12.7 Å². The first kappa shape index (κ1) is 16.5. The summed E-state index contributed by atoms with van der Waals surface area (Å²) in [6.45, 7) is 4.78. The predicted octanol–water partition coefficient (Wildman–Crippen LogP) is 1.56. The number of hydrogen-bond donors (Lipinski definition) is 1. The molecule has 120 valence electrons. The number of carbonyl (C=O) groups excluding carboxylic acids is 3. The normalized spacial score (nSPS) is 17.9. The number of amides is 4. The van der Waals surface area contributed by atoms with Crippen LogP contribution in [0.3, 0.4) is 0 Å². The Balaban J connectivity index is 2.15. The van der Waals surface area contributed by atoms with Crippen molar-refractivity contribution >= 4 is 23.5 Å². The Morgan fingerprint density at radius 1 is 1.26 bits per heavy atom. The highest BCUT2D eigenvalue weighted by atomic mass is 16.2. The minimum atomic E-state index is -0.972. The minimum absolute atomic E-state index is 0.410. The number of nitrogens with one attached hydrogen (secondary N) is 1. The van der Waals surface area contributed by atoms with Crippen molar-refractivity contribution < 1.29 is 14.4 Å². The number of carbonyl (C=O) groups is 3. The lowest BCUT2D eigenvalue weighted by Crippen LogP contribution is -2.47. The van der Waals surface area contributed by atoms with Gasteiger partial charge in [-0.05, 0) is 45.0 Å². The van der Waals surface area contributed by atoms with Gasteiger partial charge in [-0.3, -0.25) is 9.59 Å². The standard InChI is InChI=1S/C16H18N4O3/c1-10(20-14(22)16(2,3)19(4)15(20)23)13(21)18-12-7-5-11(9-17)6-8-12/h5-8,10H,1-4H3,(H,18,21)/t10-/m1/s1. The van der Waals surface area contributed by atoms with Crippen LogP contribution in [0.5, 0.6) is 0 Å². The molecule has 7 heteroatoms. The quantitative estimate of drug-likeness (QED) is 0.857. The van der Waals surface area contributed by atoms with Crippen LogP contribution in [0.15, 0.2) is 24.3 Å². The lowest BCUT2D eigenvalue weighted by atomic mass is 10.0. The summed E-state index contributed by atoms with van der Waals surface area (Å²) < 4.78 is 0. The van der Waals surface area contributed by atoms with Gasteiger partial charge in [0.05, 0.1) is 11.6 Å². The second kappa shape index (κ2) is 5.72. The van der Waals surface area contributed by atoms with Gasteiger partial charge < -0.3 is 10.2 Å². The second-order valence-electron chi connectivity index (χ2n) is 5.93. The highest BCUT2D eigenvalue weighted by Crippen LogP contribution is 2.27. The third-order valence-corrected chi connectivity index (χ3v) is 4.12. The van der Waals surface area contributed by atoms with Crippen molar-refractivity contribution in [3.05, 3.63) is 29.8 Å². The Bertz CT molecular complexity index is 703. The Kier molecular flexibility index (Phi) is 4.10. The zero-order valence-corrected chi connectivity index (χ0v) is 13.5. The zero-order chi connectivity index (χ0) is 17.4. The van der Waals surface area contributed by atoms with Gasteiger partial charge >= 0.3 is 6.03 Å². The molecule has 1 fully saturated rings. The van der Waals surface area contributed by atoms with Gasteiger partial charge in [0.2, 0.25) is 5.91 Å². The predicted molar refractivity (Wildman–Crippen MR) is 83.3 cm³/mol. The maximum atomic E-state index is 12.4. The summed E-state index contributed by atoms with van der Waals surface area (Å²) in [6, 6.07) is 6.88. The van der Waals surface area contributed by atoms with Gasteiger partial charge in [-0.15, -0.1) is 0 Å². The van der Waals surface area contributed by atoms with E-state index >= 15 is 0 Å². The molecular formula is C16H18N4O3. The number of likely N-dealkylation sites (N-methyl/N-ethyl adjacent to an activating group) is 1. The zero-order valence-electron chi connectivity index (χ0n) is 13.5. The summed E-state index contributed by atoms with van der Waals surface area (Å²) in [6.07, 6.45) is 0. The van der Waals surface area contributed by atoms with Crippen molar-refractivity contribution in [2.75, 3.05) is 12.4 Å². The first-order chi connectivity index (χ1) is 10.7. The largest absolute Gasteiger partial charge is 0.328 e. The van der Waals surface area contributed by atoms with E-state index < -0.39 is 29.4 Å². The molecule has 1 aromatic rings. The molecule has 1 aliphatic heterocycles. The Morgan fingerprint density at radius 3 is 2.26 bits per heavy atom. The summed E-state index contributed by atoms with van der Waals surface area (Å²) in [5, 5.41) is 11.4. The molecule has 23 heavy (non-hydrogen) atoms. The molecule has 1 N–H and O–H groups in total. The van der Waals surface area contributed by atoms with Crippen LogP contribution >= 0.6 is 0 Å². The molecule has 0 bridgehead atoms. The SMILES string of the molecule is C[C@H](C(=O)Nc1ccc(C#N)cc1)N1C(=O)N(C)C(C)(C)C1=O. The van der Waals surface area contributed by atoms with Crippen LogP contribution in [0.4, 0.5) is 10.5 Å². The summed E-state index contributed by atoms with van der Waals surface area (Å²) >= 11 is 0. The third kappa shape index (κ3) is 2.75. The van der Waals surface area contributed by atoms with Crippen molar-refractivity contribution in [1.29, 1.82) is 5.26 Å². The average Bonchev–Trinajstić information content (AvgIpc) is 2.68. The van der Waals surface area contributed by atoms with E-state index in [2.05, 4.69) is 5.32 Å². The summed E-state index contributed by atoms with van der Waals surface area (Å²) in [4.78, 5) is 39.2. The van der Waals surface area contributed by atoms with Gasteiger partial charge in [-0.25, -0.2) is 9.69 Å². The lowest BCUT2D eigenvalue weighted by molar-refractivity contribution is -0.136. The Morgan fingerprint density at radius 2 is 1.83 bits per heavy atom. The number of nitrogens with zero attached hydrogens (tertiary/aromatic N) is 3. The number of benzene rings is 1. The first-order valence-electron chi connectivity index (χ1n) is 7.12. The molecule has 0 radical (unpaired) electrons. The van der Waals surface area contributed by atoms with E-state index in [0.717, 1.165) is 4.90 Å². The van der Waals surface area contributed by atoms with E-state index in [9.17, 15) is 14.4 Å². The third-order valence-electron chi connectivity index (χ3n) is 4.12. The van der Waals surface area contributed by atoms with E-state index in [4.69, 9.17) is 5.26 Å². The smallest absolute Gasteiger partial charge is 0.324 e. The Labute approximate surface area is 134 Å². The maximum absolute atomic E-state index is 12.4. The maximum Gasteiger partial charge on any atom is 0.328 e. The van der Waals surface area contributed by atoms with Crippen LogP contribution < -0.4 is 5.32 Å². The van der Waals surface area contributed by atoms with Crippen molar-refractivity contribution in [3.63, 3.8) is 0 Å². The number of rotatable bonds is 3. The molecule has 0 aromatic heterocycles. The molecule has 0 aliphatic carbocycles. The van der Waals surface area contributed by atoms with Crippen LogP contribution in [0, 0.1) is 11.3 Å². The van der Waals surface area contributed by atoms with E-state index in [0.29, 0.717) is 11.3 Å². The molecule has 1 atom stereocenters. The van der Waals surface area contributed by atoms with Crippen molar-refractivity contribution in [1.82, 2.24) is 9.80 Å². The monoisotopic (exact) mass is 314 g/mol. The fraction of sp³-hybridized carbons (Fsp3) is 0.375. The lowest BCUT2D eigenvalue weighted by Gasteiger charge is -2.22. The van der Waals surface area contributed by atoms with Crippen molar-refractivity contribution in [2.45, 2.75) is 32.4 Å². The minimum Gasteiger partial charge on any atom is -0.324 e. The van der Waals surface area contributed by atoms with Crippen LogP contribution in [-0.4, -0.2) is 46.3 Å².